The minimum atomic E-state index is 0.124. The monoisotopic (exact) mass is 235 g/mol. The summed E-state index contributed by atoms with van der Waals surface area (Å²) >= 11 is 0. The molecule has 17 heavy (non-hydrogen) atoms. The van der Waals surface area contributed by atoms with Crippen LogP contribution in [0.5, 0.6) is 0 Å². The van der Waals surface area contributed by atoms with Gasteiger partial charge < -0.3 is 14.4 Å². The highest BCUT2D eigenvalue weighted by molar-refractivity contribution is 5.78. The molecular weight excluding hydrogens is 218 g/mol. The van der Waals surface area contributed by atoms with Crippen molar-refractivity contribution in [3.63, 3.8) is 0 Å². The quantitative estimate of drug-likeness (QED) is 0.657. The number of nitrogens with zero attached hydrogens (tertiary/aromatic N) is 1. The Morgan fingerprint density at radius 2 is 2.47 bits per heavy atom. The second-order valence-corrected chi connectivity index (χ2v) is 5.65. The molecule has 2 saturated heterocycles. The van der Waals surface area contributed by atoms with E-state index < -0.39 is 0 Å². The molecule has 0 aromatic heterocycles. The summed E-state index contributed by atoms with van der Waals surface area (Å²) in [7, 11) is 1.58. The largest absolute Gasteiger partial charge is 0.375 e. The first-order valence-corrected chi connectivity index (χ1v) is 6.42. The Morgan fingerprint density at radius 3 is 3.29 bits per heavy atom. The maximum atomic E-state index is 12.1. The lowest BCUT2D eigenvalue weighted by molar-refractivity contribution is -0.145. The molecule has 0 aromatic rings. The zero-order chi connectivity index (χ0) is 11.6. The van der Waals surface area contributed by atoms with Crippen molar-refractivity contribution >= 4 is 5.91 Å². The second kappa shape index (κ2) is 3.33. The number of hydrogen-bond donors (Lipinski definition) is 0. The Bertz CT molecular complexity index is 417. The molecule has 2 bridgehead atoms. The number of carbonyl (C=O) groups excluding carboxylic acids is 1. The fourth-order valence-electron chi connectivity index (χ4n) is 4.02. The summed E-state index contributed by atoms with van der Waals surface area (Å²) in [4.78, 5) is 14.1. The fourth-order valence-corrected chi connectivity index (χ4v) is 4.02. The van der Waals surface area contributed by atoms with E-state index in [1.165, 1.54) is 12.0 Å². The van der Waals surface area contributed by atoms with Gasteiger partial charge in [-0.25, -0.2) is 0 Å². The summed E-state index contributed by atoms with van der Waals surface area (Å²) in [5, 5.41) is 0. The van der Waals surface area contributed by atoms with Crippen molar-refractivity contribution in [3.8, 4) is 0 Å². The summed E-state index contributed by atoms with van der Waals surface area (Å²) in [5.41, 5.74) is 3.10. The Labute approximate surface area is 101 Å². The zero-order valence-electron chi connectivity index (χ0n) is 10.0. The molecule has 4 rings (SSSR count). The van der Waals surface area contributed by atoms with E-state index in [2.05, 4.69) is 0 Å². The van der Waals surface area contributed by atoms with E-state index in [1.54, 1.807) is 12.7 Å². The molecular formula is C13H17NO3. The number of methoxy groups -OCH3 is 1. The number of rotatable bonds is 2. The summed E-state index contributed by atoms with van der Waals surface area (Å²) in [6.07, 6.45) is 2.79. The van der Waals surface area contributed by atoms with Gasteiger partial charge in [-0.15, -0.1) is 0 Å². The maximum Gasteiger partial charge on any atom is 0.248 e. The molecule has 4 nitrogen and oxygen atoms in total. The van der Waals surface area contributed by atoms with Crippen LogP contribution < -0.4 is 0 Å². The Hall–Kier alpha value is -0.870. The molecule has 2 aliphatic heterocycles. The molecule has 0 radical (unpaired) electrons. The van der Waals surface area contributed by atoms with Crippen LogP contribution in [-0.2, 0) is 14.3 Å². The minimum absolute atomic E-state index is 0.124. The van der Waals surface area contributed by atoms with Gasteiger partial charge in [0, 0.05) is 19.6 Å². The van der Waals surface area contributed by atoms with E-state index in [9.17, 15) is 4.79 Å². The molecule has 0 spiro atoms. The predicted molar refractivity (Wildman–Crippen MR) is 60.4 cm³/mol. The molecule has 0 aromatic carbocycles. The first-order chi connectivity index (χ1) is 8.29. The molecule has 2 heterocycles. The van der Waals surface area contributed by atoms with Gasteiger partial charge in [-0.05, 0) is 29.9 Å². The molecule has 92 valence electrons. The molecule has 2 aliphatic carbocycles. The summed E-state index contributed by atoms with van der Waals surface area (Å²) in [5.74, 6) is 1.37. The van der Waals surface area contributed by atoms with Gasteiger partial charge in [-0.3, -0.25) is 4.79 Å². The van der Waals surface area contributed by atoms with Crippen molar-refractivity contribution in [1.29, 1.82) is 0 Å². The third-order valence-electron chi connectivity index (χ3n) is 4.72. The molecule has 4 heteroatoms. The van der Waals surface area contributed by atoms with Crippen molar-refractivity contribution in [3.05, 3.63) is 11.1 Å². The normalized spacial score (nSPS) is 41.6. The highest BCUT2D eigenvalue weighted by Gasteiger charge is 2.57. The number of carbonyl (C=O) groups is 1. The van der Waals surface area contributed by atoms with Gasteiger partial charge in [0.15, 0.2) is 0 Å². The standard InChI is InChI=1S/C13H17NO3/c1-16-6-11(15)14-4-7-2-8-10(14)5-17-13-9(3-7)12(8)13/h7-8,10,13H,2-6H2,1H3/t7?,8-,10?,13?/m1/s1. The molecule has 0 N–H and O–H groups in total. The average molecular weight is 235 g/mol. The van der Waals surface area contributed by atoms with Crippen molar-refractivity contribution in [2.75, 3.05) is 26.9 Å². The molecule has 3 unspecified atom stereocenters. The van der Waals surface area contributed by atoms with Gasteiger partial charge >= 0.3 is 0 Å². The van der Waals surface area contributed by atoms with Crippen LogP contribution in [0.1, 0.15) is 12.8 Å². The van der Waals surface area contributed by atoms with E-state index in [4.69, 9.17) is 9.47 Å². The van der Waals surface area contributed by atoms with Crippen LogP contribution in [0.4, 0.5) is 0 Å². The minimum Gasteiger partial charge on any atom is -0.375 e. The summed E-state index contributed by atoms with van der Waals surface area (Å²) in [6.45, 7) is 1.81. The molecule has 1 amide bonds. The van der Waals surface area contributed by atoms with E-state index in [0.717, 1.165) is 13.0 Å². The van der Waals surface area contributed by atoms with Crippen molar-refractivity contribution in [1.82, 2.24) is 4.90 Å². The van der Waals surface area contributed by atoms with Gasteiger partial charge in [0.2, 0.25) is 5.91 Å². The number of fused-ring (bicyclic) bond motifs is 2. The summed E-state index contributed by atoms with van der Waals surface area (Å²) < 4.78 is 10.8. The van der Waals surface area contributed by atoms with Crippen LogP contribution in [0.15, 0.2) is 11.1 Å². The summed E-state index contributed by atoms with van der Waals surface area (Å²) in [6, 6.07) is 0.276. The lowest BCUT2D eigenvalue weighted by atomic mass is 9.77. The predicted octanol–water partition coefficient (Wildman–Crippen LogP) is 0.579. The number of hydrogen-bond acceptors (Lipinski definition) is 3. The van der Waals surface area contributed by atoms with E-state index in [1.807, 2.05) is 4.90 Å². The number of amides is 1. The third kappa shape index (κ3) is 1.28. The topological polar surface area (TPSA) is 38.8 Å². The van der Waals surface area contributed by atoms with Crippen molar-refractivity contribution in [2.24, 2.45) is 11.8 Å². The zero-order valence-corrected chi connectivity index (χ0v) is 10.0. The number of likely N-dealkylation sites (tertiary alicyclic amines) is 1. The van der Waals surface area contributed by atoms with Crippen LogP contribution in [0, 0.1) is 11.8 Å². The van der Waals surface area contributed by atoms with Crippen LogP contribution in [0.25, 0.3) is 0 Å². The van der Waals surface area contributed by atoms with Gasteiger partial charge in [0.25, 0.3) is 0 Å². The average Bonchev–Trinajstić information content (AvgIpc) is 3.02. The highest BCUT2D eigenvalue weighted by Crippen LogP contribution is 2.57. The van der Waals surface area contributed by atoms with Crippen molar-refractivity contribution in [2.45, 2.75) is 25.0 Å². The van der Waals surface area contributed by atoms with Crippen LogP contribution in [-0.4, -0.2) is 49.8 Å². The van der Waals surface area contributed by atoms with Crippen molar-refractivity contribution < 1.29 is 14.3 Å². The first kappa shape index (κ1) is 10.1. The lowest BCUT2D eigenvalue weighted by Gasteiger charge is -2.46. The Balaban J connectivity index is 1.63. The van der Waals surface area contributed by atoms with Crippen LogP contribution in [0.3, 0.4) is 0 Å². The van der Waals surface area contributed by atoms with E-state index in [0.29, 0.717) is 24.5 Å². The molecule has 0 saturated carbocycles. The molecule has 4 aliphatic rings. The van der Waals surface area contributed by atoms with Gasteiger partial charge in [-0.2, -0.15) is 0 Å². The van der Waals surface area contributed by atoms with Gasteiger partial charge in [0.05, 0.1) is 12.6 Å². The smallest absolute Gasteiger partial charge is 0.248 e. The fraction of sp³-hybridized carbons (Fsp3) is 0.769. The Kier molecular flexibility index (Phi) is 1.97. The lowest BCUT2D eigenvalue weighted by Crippen LogP contribution is -2.56. The van der Waals surface area contributed by atoms with E-state index >= 15 is 0 Å². The number of ether oxygens (including phenoxy) is 2. The van der Waals surface area contributed by atoms with Gasteiger partial charge in [-0.1, -0.05) is 0 Å². The van der Waals surface area contributed by atoms with Crippen LogP contribution in [0.2, 0.25) is 0 Å². The SMILES string of the molecule is COCC(=O)N1CC2CC3=C4C3OCC1[C@H]4C2. The van der Waals surface area contributed by atoms with Crippen LogP contribution >= 0.6 is 0 Å². The van der Waals surface area contributed by atoms with E-state index in [-0.39, 0.29) is 18.6 Å². The number of piperidine rings is 1. The second-order valence-electron chi connectivity index (χ2n) is 5.65. The first-order valence-electron chi connectivity index (χ1n) is 6.42. The molecule has 2 fully saturated rings. The molecule has 4 atom stereocenters. The highest BCUT2D eigenvalue weighted by atomic mass is 16.5. The van der Waals surface area contributed by atoms with Gasteiger partial charge in [0.1, 0.15) is 12.7 Å². The maximum absolute atomic E-state index is 12.1. The third-order valence-corrected chi connectivity index (χ3v) is 4.72. The Morgan fingerprint density at radius 1 is 1.59 bits per heavy atom.